The summed E-state index contributed by atoms with van der Waals surface area (Å²) in [5.74, 6) is 1.39. The van der Waals surface area contributed by atoms with E-state index >= 15 is 0 Å². The Hall–Kier alpha value is -0.470. The Morgan fingerprint density at radius 2 is 2.17 bits per heavy atom. The van der Waals surface area contributed by atoms with Crippen molar-refractivity contribution in [3.05, 3.63) is 34.3 Å². The monoisotopic (exact) mass is 282 g/mol. The highest BCUT2D eigenvalue weighted by Gasteiger charge is 2.30. The molecule has 1 aromatic rings. The maximum atomic E-state index is 12.2. The highest BCUT2D eigenvalue weighted by molar-refractivity contribution is 8.00. The van der Waals surface area contributed by atoms with Crippen LogP contribution in [0.4, 0.5) is 0 Å². The Morgan fingerprint density at radius 1 is 1.33 bits per heavy atom. The highest BCUT2D eigenvalue weighted by Crippen LogP contribution is 2.32. The summed E-state index contributed by atoms with van der Waals surface area (Å²) in [5.41, 5.74) is 2.00. The Labute approximate surface area is 118 Å². The van der Waals surface area contributed by atoms with Gasteiger partial charge in [0.05, 0.1) is 5.25 Å². The second-order valence-corrected chi connectivity index (χ2v) is 6.54. The van der Waals surface area contributed by atoms with Crippen LogP contribution in [0.1, 0.15) is 48.5 Å². The van der Waals surface area contributed by atoms with Crippen LogP contribution in [-0.2, 0) is 6.42 Å². The van der Waals surface area contributed by atoms with Crippen LogP contribution in [-0.4, -0.2) is 16.8 Å². The number of hydrogen-bond acceptors (Lipinski definition) is 2. The van der Waals surface area contributed by atoms with Crippen molar-refractivity contribution in [1.29, 1.82) is 0 Å². The van der Waals surface area contributed by atoms with Gasteiger partial charge in [0.25, 0.3) is 0 Å². The average Bonchev–Trinajstić information content (AvgIpc) is 2.65. The van der Waals surface area contributed by atoms with Crippen molar-refractivity contribution in [1.82, 2.24) is 0 Å². The van der Waals surface area contributed by atoms with Crippen LogP contribution in [0, 0.1) is 0 Å². The lowest BCUT2D eigenvalue weighted by atomic mass is 10.1. The van der Waals surface area contributed by atoms with Crippen molar-refractivity contribution in [3.63, 3.8) is 0 Å². The molecule has 1 aromatic carbocycles. The van der Waals surface area contributed by atoms with Crippen molar-refractivity contribution < 1.29 is 4.79 Å². The van der Waals surface area contributed by atoms with Gasteiger partial charge in [0.15, 0.2) is 5.78 Å². The van der Waals surface area contributed by atoms with Crippen LogP contribution < -0.4 is 0 Å². The lowest BCUT2D eigenvalue weighted by Crippen LogP contribution is -2.11. The van der Waals surface area contributed by atoms with E-state index in [0.29, 0.717) is 5.78 Å². The average molecular weight is 283 g/mol. The largest absolute Gasteiger partial charge is 0.293 e. The van der Waals surface area contributed by atoms with E-state index in [1.54, 1.807) is 0 Å². The molecule has 1 nitrogen and oxygen atoms in total. The number of Topliss-reactive ketones (excluding diaryl/α,β-unsaturated/α-hetero) is 1. The molecule has 0 aliphatic heterocycles. The molecule has 2 rings (SSSR count). The van der Waals surface area contributed by atoms with Gasteiger partial charge < -0.3 is 0 Å². The fourth-order valence-electron chi connectivity index (χ4n) is 2.33. The standard InChI is InChI=1S/C15H19ClOS/c1-2-3-4-5-8-18-14-10-11-9-12(16)6-7-13(11)15(14)17/h6-7,9,14H,2-5,8,10H2,1H3. The third kappa shape index (κ3) is 3.30. The van der Waals surface area contributed by atoms with Gasteiger partial charge in [-0.15, -0.1) is 11.8 Å². The van der Waals surface area contributed by atoms with E-state index in [0.717, 1.165) is 28.3 Å². The van der Waals surface area contributed by atoms with Crippen LogP contribution in [0.25, 0.3) is 0 Å². The van der Waals surface area contributed by atoms with Gasteiger partial charge in [-0.3, -0.25) is 4.79 Å². The van der Waals surface area contributed by atoms with Crippen molar-refractivity contribution in [2.24, 2.45) is 0 Å². The fourth-order valence-corrected chi connectivity index (χ4v) is 3.75. The summed E-state index contributed by atoms with van der Waals surface area (Å²) in [7, 11) is 0. The Morgan fingerprint density at radius 3 is 2.94 bits per heavy atom. The van der Waals surface area contributed by atoms with Crippen LogP contribution >= 0.6 is 23.4 Å². The van der Waals surface area contributed by atoms with E-state index in [1.165, 1.54) is 25.7 Å². The second kappa shape index (κ2) is 6.63. The maximum Gasteiger partial charge on any atom is 0.176 e. The molecule has 0 N–H and O–H groups in total. The number of carbonyl (C=O) groups excluding carboxylic acids is 1. The molecule has 0 aromatic heterocycles. The predicted octanol–water partition coefficient (Wildman–Crippen LogP) is 4.76. The molecular formula is C15H19ClOS. The Kier molecular flexibility index (Phi) is 5.13. The number of hydrogen-bond donors (Lipinski definition) is 0. The molecule has 0 amide bonds. The summed E-state index contributed by atoms with van der Waals surface area (Å²) in [6.07, 6.45) is 5.92. The zero-order chi connectivity index (χ0) is 13.0. The van der Waals surface area contributed by atoms with Crippen molar-refractivity contribution in [2.45, 2.75) is 44.3 Å². The smallest absolute Gasteiger partial charge is 0.176 e. The fraction of sp³-hybridized carbons (Fsp3) is 0.533. The third-order valence-corrected chi connectivity index (χ3v) is 4.89. The number of rotatable bonds is 6. The van der Waals surface area contributed by atoms with Crippen molar-refractivity contribution >= 4 is 29.1 Å². The molecule has 1 aliphatic carbocycles. The SMILES string of the molecule is CCCCCCSC1Cc2cc(Cl)ccc2C1=O. The number of unbranched alkanes of at least 4 members (excludes halogenated alkanes) is 3. The minimum absolute atomic E-state index is 0.125. The van der Waals surface area contributed by atoms with Crippen LogP contribution in [0.3, 0.4) is 0 Å². The van der Waals surface area contributed by atoms with E-state index in [4.69, 9.17) is 11.6 Å². The zero-order valence-corrected chi connectivity index (χ0v) is 12.3. The van der Waals surface area contributed by atoms with Crippen molar-refractivity contribution in [2.75, 3.05) is 5.75 Å². The van der Waals surface area contributed by atoms with Crippen LogP contribution in [0.15, 0.2) is 18.2 Å². The summed E-state index contributed by atoms with van der Waals surface area (Å²) in [6.45, 7) is 2.22. The molecule has 0 radical (unpaired) electrons. The van der Waals surface area contributed by atoms with Gasteiger partial charge in [0.1, 0.15) is 0 Å². The van der Waals surface area contributed by atoms with Crippen LogP contribution in [0.5, 0.6) is 0 Å². The minimum Gasteiger partial charge on any atom is -0.293 e. The summed E-state index contributed by atoms with van der Waals surface area (Å²) >= 11 is 7.77. The first-order chi connectivity index (χ1) is 8.72. The van der Waals surface area contributed by atoms with Gasteiger partial charge in [0, 0.05) is 10.6 Å². The predicted molar refractivity (Wildman–Crippen MR) is 79.9 cm³/mol. The third-order valence-electron chi connectivity index (χ3n) is 3.35. The van der Waals surface area contributed by atoms with Crippen molar-refractivity contribution in [3.8, 4) is 0 Å². The van der Waals surface area contributed by atoms with E-state index in [9.17, 15) is 4.79 Å². The number of benzene rings is 1. The lowest BCUT2D eigenvalue weighted by Gasteiger charge is -2.07. The number of carbonyl (C=O) groups is 1. The number of fused-ring (bicyclic) bond motifs is 1. The molecule has 0 spiro atoms. The van der Waals surface area contributed by atoms with E-state index in [2.05, 4.69) is 6.92 Å². The molecule has 0 bridgehead atoms. The number of ketones is 1. The van der Waals surface area contributed by atoms with Gasteiger partial charge >= 0.3 is 0 Å². The second-order valence-electron chi connectivity index (χ2n) is 4.79. The zero-order valence-electron chi connectivity index (χ0n) is 10.7. The first-order valence-corrected chi connectivity index (χ1v) is 8.09. The Bertz CT molecular complexity index is 431. The summed E-state index contributed by atoms with van der Waals surface area (Å²) in [5, 5.41) is 0.857. The summed E-state index contributed by atoms with van der Waals surface area (Å²) in [4.78, 5) is 12.2. The maximum absolute atomic E-state index is 12.2. The van der Waals surface area contributed by atoms with E-state index < -0.39 is 0 Å². The molecule has 1 aliphatic rings. The number of halogens is 1. The molecule has 1 atom stereocenters. The van der Waals surface area contributed by atoms with Gasteiger partial charge in [-0.2, -0.15) is 0 Å². The molecule has 0 fully saturated rings. The van der Waals surface area contributed by atoms with Gasteiger partial charge in [-0.05, 0) is 42.4 Å². The topological polar surface area (TPSA) is 17.1 Å². The number of thioether (sulfide) groups is 1. The lowest BCUT2D eigenvalue weighted by molar-refractivity contribution is 0.100. The molecule has 1 unspecified atom stereocenters. The highest BCUT2D eigenvalue weighted by atomic mass is 35.5. The quantitative estimate of drug-likeness (QED) is 0.700. The van der Waals surface area contributed by atoms with Gasteiger partial charge in [0.2, 0.25) is 0 Å². The van der Waals surface area contributed by atoms with E-state index in [1.807, 2.05) is 30.0 Å². The molecular weight excluding hydrogens is 264 g/mol. The minimum atomic E-state index is 0.125. The normalized spacial score (nSPS) is 18.1. The molecule has 98 valence electrons. The first kappa shape index (κ1) is 14.0. The summed E-state index contributed by atoms with van der Waals surface area (Å²) in [6, 6.07) is 5.62. The van der Waals surface area contributed by atoms with Crippen LogP contribution in [0.2, 0.25) is 5.02 Å². The molecule has 3 heteroatoms. The Balaban J connectivity index is 1.85. The van der Waals surface area contributed by atoms with E-state index in [-0.39, 0.29) is 5.25 Å². The molecule has 0 saturated heterocycles. The molecule has 18 heavy (non-hydrogen) atoms. The first-order valence-electron chi connectivity index (χ1n) is 6.66. The van der Waals surface area contributed by atoms with Gasteiger partial charge in [-0.25, -0.2) is 0 Å². The summed E-state index contributed by atoms with van der Waals surface area (Å²) < 4.78 is 0. The molecule has 0 saturated carbocycles. The molecule has 0 heterocycles. The van der Waals surface area contributed by atoms with Gasteiger partial charge in [-0.1, -0.05) is 37.8 Å².